The molecule has 2 heterocycles. The number of imidazole rings is 1. The second kappa shape index (κ2) is 7.68. The molecule has 0 N–H and O–H groups in total. The van der Waals surface area contributed by atoms with Crippen LogP contribution in [0.4, 0.5) is 5.69 Å². The van der Waals surface area contributed by atoms with E-state index in [9.17, 15) is 14.9 Å². The van der Waals surface area contributed by atoms with Crippen LogP contribution < -0.4 is 4.74 Å². The molecule has 4 aromatic rings. The number of aromatic nitrogens is 2. The molecule has 0 spiro atoms. The van der Waals surface area contributed by atoms with Gasteiger partial charge in [0.1, 0.15) is 11.4 Å². The van der Waals surface area contributed by atoms with Crippen molar-refractivity contribution < 1.29 is 14.5 Å². The first kappa shape index (κ1) is 20.3. The van der Waals surface area contributed by atoms with Crippen LogP contribution in [-0.4, -0.2) is 20.3 Å². The lowest BCUT2D eigenvalue weighted by atomic mass is 9.87. The number of hydrogen-bond donors (Lipinski definition) is 0. The fourth-order valence-electron chi connectivity index (χ4n) is 3.19. The monoisotopic (exact) mass is 415 g/mol. The number of carbonyl (C=O) groups is 1. The molecule has 0 radical (unpaired) electrons. The maximum absolute atomic E-state index is 12.4. The Kier molecular flexibility index (Phi) is 5.02. The maximum Gasteiger partial charge on any atom is 0.343 e. The Morgan fingerprint density at radius 1 is 0.968 bits per heavy atom. The minimum Gasteiger partial charge on any atom is -0.423 e. The smallest absolute Gasteiger partial charge is 0.343 e. The molecule has 0 saturated carbocycles. The van der Waals surface area contributed by atoms with Crippen molar-refractivity contribution in [1.29, 1.82) is 0 Å². The zero-order valence-corrected chi connectivity index (χ0v) is 17.4. The van der Waals surface area contributed by atoms with E-state index in [1.165, 1.54) is 12.3 Å². The summed E-state index contributed by atoms with van der Waals surface area (Å²) >= 11 is 0. The summed E-state index contributed by atoms with van der Waals surface area (Å²) in [6, 6.07) is 17.4. The van der Waals surface area contributed by atoms with Crippen LogP contribution >= 0.6 is 0 Å². The lowest BCUT2D eigenvalue weighted by molar-refractivity contribution is -0.385. The predicted octanol–water partition coefficient (Wildman–Crippen LogP) is 5.43. The molecule has 0 aliphatic carbocycles. The molecule has 0 unspecified atom stereocenters. The van der Waals surface area contributed by atoms with Gasteiger partial charge < -0.3 is 4.74 Å². The van der Waals surface area contributed by atoms with Crippen molar-refractivity contribution in [2.75, 3.05) is 0 Å². The zero-order chi connectivity index (χ0) is 22.2. The summed E-state index contributed by atoms with van der Waals surface area (Å²) in [4.78, 5) is 27.4. The molecule has 7 heteroatoms. The predicted molar refractivity (Wildman–Crippen MR) is 117 cm³/mol. The first-order valence-corrected chi connectivity index (χ1v) is 9.77. The van der Waals surface area contributed by atoms with Gasteiger partial charge in [-0.25, -0.2) is 9.78 Å². The average molecular weight is 415 g/mol. The first-order valence-electron chi connectivity index (χ1n) is 9.77. The Bertz CT molecular complexity index is 1270. The van der Waals surface area contributed by atoms with Gasteiger partial charge in [0.2, 0.25) is 0 Å². The number of benzene rings is 2. The van der Waals surface area contributed by atoms with Gasteiger partial charge in [0.25, 0.3) is 5.69 Å². The molecule has 0 amide bonds. The van der Waals surface area contributed by atoms with Gasteiger partial charge in [-0.2, -0.15) is 0 Å². The zero-order valence-electron chi connectivity index (χ0n) is 17.4. The third-order valence-corrected chi connectivity index (χ3v) is 4.99. The van der Waals surface area contributed by atoms with Crippen LogP contribution in [-0.2, 0) is 5.41 Å². The van der Waals surface area contributed by atoms with Gasteiger partial charge in [-0.15, -0.1) is 0 Å². The summed E-state index contributed by atoms with van der Waals surface area (Å²) in [6.07, 6.45) is 3.15. The number of carbonyl (C=O) groups excluding carboxylic acids is 1. The highest BCUT2D eigenvalue weighted by Crippen LogP contribution is 2.25. The molecule has 0 atom stereocenters. The van der Waals surface area contributed by atoms with E-state index < -0.39 is 10.9 Å². The largest absolute Gasteiger partial charge is 0.423 e. The molecule has 0 bridgehead atoms. The second-order valence-corrected chi connectivity index (χ2v) is 8.28. The van der Waals surface area contributed by atoms with Gasteiger partial charge >= 0.3 is 5.97 Å². The highest BCUT2D eigenvalue weighted by molar-refractivity contribution is 5.91. The molecular formula is C24H21N3O4. The fourth-order valence-corrected chi connectivity index (χ4v) is 3.19. The summed E-state index contributed by atoms with van der Waals surface area (Å²) in [6.45, 7) is 6.35. The quantitative estimate of drug-likeness (QED) is 0.192. The number of rotatable bonds is 4. The summed E-state index contributed by atoms with van der Waals surface area (Å²) in [5, 5.41) is 10.9. The second-order valence-electron chi connectivity index (χ2n) is 8.28. The standard InChI is InChI=1S/C24H21N3O4/c1-24(2,3)18-8-4-17(5-9-18)23(28)31-20-11-6-16(7-12-20)21-15-26-14-19(27(29)30)10-13-22(26)25-21/h4-15H,1-3H3. The minimum atomic E-state index is -0.446. The third-order valence-electron chi connectivity index (χ3n) is 4.99. The van der Waals surface area contributed by atoms with Crippen molar-refractivity contribution in [3.8, 4) is 17.0 Å². The van der Waals surface area contributed by atoms with Crippen molar-refractivity contribution in [1.82, 2.24) is 9.38 Å². The van der Waals surface area contributed by atoms with E-state index in [0.29, 0.717) is 22.7 Å². The van der Waals surface area contributed by atoms with E-state index in [2.05, 4.69) is 25.8 Å². The van der Waals surface area contributed by atoms with Crippen molar-refractivity contribution in [3.63, 3.8) is 0 Å². The molecule has 31 heavy (non-hydrogen) atoms. The number of hydrogen-bond acceptors (Lipinski definition) is 5. The number of esters is 1. The van der Waals surface area contributed by atoms with Gasteiger partial charge in [0.05, 0.1) is 22.4 Å². The molecule has 2 aromatic carbocycles. The van der Waals surface area contributed by atoms with Crippen LogP contribution in [0.3, 0.4) is 0 Å². The highest BCUT2D eigenvalue weighted by atomic mass is 16.6. The topological polar surface area (TPSA) is 86.7 Å². The van der Waals surface area contributed by atoms with E-state index in [0.717, 1.165) is 11.1 Å². The third kappa shape index (κ3) is 4.30. The van der Waals surface area contributed by atoms with Crippen LogP contribution in [0.1, 0.15) is 36.7 Å². The normalized spacial score (nSPS) is 11.5. The van der Waals surface area contributed by atoms with Gasteiger partial charge in [-0.05, 0) is 53.4 Å². The summed E-state index contributed by atoms with van der Waals surface area (Å²) in [5.74, 6) is 0.00120. The Morgan fingerprint density at radius 3 is 2.26 bits per heavy atom. The van der Waals surface area contributed by atoms with Crippen LogP contribution in [0.15, 0.2) is 73.1 Å². The van der Waals surface area contributed by atoms with E-state index in [-0.39, 0.29) is 11.1 Å². The van der Waals surface area contributed by atoms with Crippen molar-refractivity contribution in [3.05, 3.63) is 94.3 Å². The Hall–Kier alpha value is -4.00. The minimum absolute atomic E-state index is 0.00533. The molecule has 7 nitrogen and oxygen atoms in total. The maximum atomic E-state index is 12.4. The molecule has 4 rings (SSSR count). The van der Waals surface area contributed by atoms with Crippen molar-refractivity contribution in [2.45, 2.75) is 26.2 Å². The van der Waals surface area contributed by atoms with Crippen LogP contribution in [0.25, 0.3) is 16.9 Å². The fraction of sp³-hybridized carbons (Fsp3) is 0.167. The van der Waals surface area contributed by atoms with Gasteiger partial charge in [0, 0.05) is 17.8 Å². The van der Waals surface area contributed by atoms with E-state index >= 15 is 0 Å². The van der Waals surface area contributed by atoms with Crippen LogP contribution in [0.5, 0.6) is 5.75 Å². The van der Waals surface area contributed by atoms with E-state index in [1.807, 2.05) is 12.1 Å². The molecule has 2 aromatic heterocycles. The molecule has 0 aliphatic heterocycles. The van der Waals surface area contributed by atoms with Gasteiger partial charge in [-0.1, -0.05) is 32.9 Å². The average Bonchev–Trinajstić information content (AvgIpc) is 3.17. The van der Waals surface area contributed by atoms with E-state index in [1.54, 1.807) is 53.1 Å². The summed E-state index contributed by atoms with van der Waals surface area (Å²) in [7, 11) is 0. The Morgan fingerprint density at radius 2 is 1.65 bits per heavy atom. The number of fused-ring (bicyclic) bond motifs is 1. The number of nitro groups is 1. The Balaban J connectivity index is 1.50. The van der Waals surface area contributed by atoms with Crippen LogP contribution in [0.2, 0.25) is 0 Å². The molecule has 0 aliphatic rings. The van der Waals surface area contributed by atoms with Crippen molar-refractivity contribution in [2.24, 2.45) is 0 Å². The summed E-state index contributed by atoms with van der Waals surface area (Å²) < 4.78 is 7.09. The molecule has 156 valence electrons. The first-order chi connectivity index (χ1) is 14.7. The van der Waals surface area contributed by atoms with Crippen LogP contribution in [0, 0.1) is 10.1 Å². The van der Waals surface area contributed by atoms with Gasteiger partial charge in [0.15, 0.2) is 0 Å². The lowest BCUT2D eigenvalue weighted by Crippen LogP contribution is -2.12. The molecule has 0 fully saturated rings. The Labute approximate surface area is 179 Å². The number of nitrogens with zero attached hydrogens (tertiary/aromatic N) is 3. The van der Waals surface area contributed by atoms with Crippen molar-refractivity contribution >= 4 is 17.3 Å². The lowest BCUT2D eigenvalue weighted by Gasteiger charge is -2.18. The molecule has 0 saturated heterocycles. The van der Waals surface area contributed by atoms with Gasteiger partial charge in [-0.3, -0.25) is 14.5 Å². The number of ether oxygens (including phenoxy) is 1. The molecular weight excluding hydrogens is 394 g/mol. The highest BCUT2D eigenvalue weighted by Gasteiger charge is 2.15. The van der Waals surface area contributed by atoms with E-state index in [4.69, 9.17) is 4.74 Å². The summed E-state index contributed by atoms with van der Waals surface area (Å²) in [5.41, 5.74) is 3.72. The SMILES string of the molecule is CC(C)(C)c1ccc(C(=O)Oc2ccc(-c3cn4cc([N+](=O)[O-])ccc4n3)cc2)cc1. The number of pyridine rings is 1.